The molecule has 2 rings (SSSR count). The Hall–Kier alpha value is -0.910. The molecule has 0 spiro atoms. The van der Waals surface area contributed by atoms with Gasteiger partial charge in [-0.3, -0.25) is 4.79 Å². The van der Waals surface area contributed by atoms with E-state index in [1.54, 1.807) is 4.90 Å². The van der Waals surface area contributed by atoms with Crippen LogP contribution in [0.1, 0.15) is 18.4 Å². The Kier molecular flexibility index (Phi) is 5.18. The maximum absolute atomic E-state index is 12.7. The van der Waals surface area contributed by atoms with Crippen LogP contribution in [-0.2, 0) is 16.1 Å². The Morgan fingerprint density at radius 3 is 2.65 bits per heavy atom. The smallest absolute Gasteiger partial charge is 0.230 e. The molecule has 1 aliphatic rings. The largest absolute Gasteiger partial charge is 0.381 e. The number of rotatable bonds is 4. The van der Waals surface area contributed by atoms with Crippen LogP contribution < -0.4 is 5.73 Å². The van der Waals surface area contributed by atoms with E-state index in [9.17, 15) is 4.79 Å². The Morgan fingerprint density at radius 1 is 1.40 bits per heavy atom. The second-order valence-electron chi connectivity index (χ2n) is 5.35. The van der Waals surface area contributed by atoms with Gasteiger partial charge in [0, 0.05) is 37.8 Å². The van der Waals surface area contributed by atoms with Gasteiger partial charge in [-0.05, 0) is 24.5 Å². The van der Waals surface area contributed by atoms with E-state index in [-0.39, 0.29) is 5.91 Å². The molecule has 0 bridgehead atoms. The Bertz CT molecular complexity index is 473. The molecule has 20 heavy (non-hydrogen) atoms. The lowest BCUT2D eigenvalue weighted by molar-refractivity contribution is -0.146. The summed E-state index contributed by atoms with van der Waals surface area (Å²) < 4.78 is 6.38. The van der Waals surface area contributed by atoms with Gasteiger partial charge in [-0.1, -0.05) is 34.1 Å². The summed E-state index contributed by atoms with van der Waals surface area (Å²) in [5.41, 5.74) is 6.54. The molecule has 4 nitrogen and oxygen atoms in total. The highest BCUT2D eigenvalue weighted by molar-refractivity contribution is 9.10. The quantitative estimate of drug-likeness (QED) is 0.913. The molecule has 0 saturated carbocycles. The van der Waals surface area contributed by atoms with E-state index in [4.69, 9.17) is 10.5 Å². The molecule has 1 aromatic carbocycles. The number of halogens is 1. The van der Waals surface area contributed by atoms with Crippen molar-refractivity contribution in [2.24, 2.45) is 11.1 Å². The third-order valence-corrected chi connectivity index (χ3v) is 4.78. The van der Waals surface area contributed by atoms with E-state index in [1.807, 2.05) is 31.3 Å². The zero-order valence-electron chi connectivity index (χ0n) is 11.8. The first-order chi connectivity index (χ1) is 9.59. The molecule has 1 aliphatic heterocycles. The maximum atomic E-state index is 12.7. The molecule has 0 unspecified atom stereocenters. The SMILES string of the molecule is CN(Cc1ccccc1Br)C(=O)C1(CN)CCOCC1. The van der Waals surface area contributed by atoms with Crippen molar-refractivity contribution in [1.29, 1.82) is 0 Å². The lowest BCUT2D eigenvalue weighted by atomic mass is 9.79. The standard InChI is InChI=1S/C15H21BrN2O2/c1-18(10-12-4-2-3-5-13(12)16)14(19)15(11-17)6-8-20-9-7-15/h2-5H,6-11,17H2,1H3. The number of carbonyl (C=O) groups is 1. The predicted octanol–water partition coefficient (Wildman–Crippen LogP) is 2.16. The first-order valence-corrected chi connectivity index (χ1v) is 7.65. The van der Waals surface area contributed by atoms with Crippen molar-refractivity contribution in [3.63, 3.8) is 0 Å². The average Bonchev–Trinajstić information content (AvgIpc) is 2.49. The van der Waals surface area contributed by atoms with Gasteiger partial charge in [0.1, 0.15) is 0 Å². The van der Waals surface area contributed by atoms with Gasteiger partial charge in [0.15, 0.2) is 0 Å². The maximum Gasteiger partial charge on any atom is 0.230 e. The van der Waals surface area contributed by atoms with Crippen LogP contribution >= 0.6 is 15.9 Å². The van der Waals surface area contributed by atoms with Gasteiger partial charge in [-0.2, -0.15) is 0 Å². The number of amides is 1. The summed E-state index contributed by atoms with van der Waals surface area (Å²) in [5, 5.41) is 0. The zero-order valence-corrected chi connectivity index (χ0v) is 13.4. The van der Waals surface area contributed by atoms with E-state index in [1.165, 1.54) is 0 Å². The third kappa shape index (κ3) is 3.22. The van der Waals surface area contributed by atoms with Gasteiger partial charge >= 0.3 is 0 Å². The second-order valence-corrected chi connectivity index (χ2v) is 6.20. The van der Waals surface area contributed by atoms with Crippen LogP contribution in [0.5, 0.6) is 0 Å². The highest BCUT2D eigenvalue weighted by atomic mass is 79.9. The highest BCUT2D eigenvalue weighted by Gasteiger charge is 2.40. The van der Waals surface area contributed by atoms with Gasteiger partial charge in [-0.25, -0.2) is 0 Å². The van der Waals surface area contributed by atoms with Gasteiger partial charge in [-0.15, -0.1) is 0 Å². The summed E-state index contributed by atoms with van der Waals surface area (Å²) in [4.78, 5) is 14.5. The summed E-state index contributed by atoms with van der Waals surface area (Å²) in [7, 11) is 1.84. The van der Waals surface area contributed by atoms with Crippen LogP contribution in [0.25, 0.3) is 0 Å². The Balaban J connectivity index is 2.10. The van der Waals surface area contributed by atoms with Crippen molar-refractivity contribution in [2.75, 3.05) is 26.8 Å². The molecule has 110 valence electrons. The second kappa shape index (κ2) is 6.70. The summed E-state index contributed by atoms with van der Waals surface area (Å²) in [6.07, 6.45) is 1.42. The van der Waals surface area contributed by atoms with Crippen molar-refractivity contribution in [3.8, 4) is 0 Å². The minimum Gasteiger partial charge on any atom is -0.381 e. The fraction of sp³-hybridized carbons (Fsp3) is 0.533. The van der Waals surface area contributed by atoms with Crippen LogP contribution in [0.4, 0.5) is 0 Å². The molecular weight excluding hydrogens is 320 g/mol. The molecule has 0 aliphatic carbocycles. The van der Waals surface area contributed by atoms with Crippen molar-refractivity contribution >= 4 is 21.8 Å². The molecule has 1 saturated heterocycles. The molecular formula is C15H21BrN2O2. The normalized spacial score (nSPS) is 17.8. The van der Waals surface area contributed by atoms with E-state index in [2.05, 4.69) is 15.9 Å². The van der Waals surface area contributed by atoms with E-state index < -0.39 is 5.41 Å². The monoisotopic (exact) mass is 340 g/mol. The molecule has 0 radical (unpaired) electrons. The minimum atomic E-state index is -0.450. The molecule has 2 N–H and O–H groups in total. The minimum absolute atomic E-state index is 0.124. The number of nitrogens with two attached hydrogens (primary N) is 1. The van der Waals surface area contributed by atoms with Gasteiger partial charge in [0.2, 0.25) is 5.91 Å². The number of nitrogens with zero attached hydrogens (tertiary/aromatic N) is 1. The van der Waals surface area contributed by atoms with Crippen LogP contribution in [-0.4, -0.2) is 37.6 Å². The fourth-order valence-electron chi connectivity index (χ4n) is 2.63. The molecule has 0 atom stereocenters. The Labute approximate surface area is 128 Å². The summed E-state index contributed by atoms with van der Waals surface area (Å²) in [5.74, 6) is 0.124. The van der Waals surface area contributed by atoms with E-state index >= 15 is 0 Å². The number of hydrogen-bond acceptors (Lipinski definition) is 3. The highest BCUT2D eigenvalue weighted by Crippen LogP contribution is 2.32. The summed E-state index contributed by atoms with van der Waals surface area (Å²) >= 11 is 3.52. The lowest BCUT2D eigenvalue weighted by Gasteiger charge is -2.37. The number of benzene rings is 1. The Morgan fingerprint density at radius 2 is 2.05 bits per heavy atom. The third-order valence-electron chi connectivity index (χ3n) is 4.01. The average molecular weight is 341 g/mol. The van der Waals surface area contributed by atoms with E-state index in [0.717, 1.165) is 10.0 Å². The fourth-order valence-corrected chi connectivity index (χ4v) is 3.04. The molecule has 1 aromatic rings. The van der Waals surface area contributed by atoms with Crippen LogP contribution in [0.2, 0.25) is 0 Å². The molecule has 1 heterocycles. The van der Waals surface area contributed by atoms with Crippen molar-refractivity contribution in [1.82, 2.24) is 4.90 Å². The molecule has 1 fully saturated rings. The molecule has 0 aromatic heterocycles. The number of hydrogen-bond donors (Lipinski definition) is 1. The molecule has 5 heteroatoms. The zero-order chi connectivity index (χ0) is 14.6. The first kappa shape index (κ1) is 15.5. The van der Waals surface area contributed by atoms with Crippen molar-refractivity contribution in [2.45, 2.75) is 19.4 Å². The van der Waals surface area contributed by atoms with Crippen molar-refractivity contribution < 1.29 is 9.53 Å². The van der Waals surface area contributed by atoms with Crippen molar-refractivity contribution in [3.05, 3.63) is 34.3 Å². The lowest BCUT2D eigenvalue weighted by Crippen LogP contribution is -2.49. The van der Waals surface area contributed by atoms with Crippen LogP contribution in [0.15, 0.2) is 28.7 Å². The van der Waals surface area contributed by atoms with Crippen LogP contribution in [0.3, 0.4) is 0 Å². The summed E-state index contributed by atoms with van der Waals surface area (Å²) in [6, 6.07) is 7.95. The van der Waals surface area contributed by atoms with Gasteiger partial charge in [0.05, 0.1) is 5.41 Å². The van der Waals surface area contributed by atoms with Crippen LogP contribution in [0, 0.1) is 5.41 Å². The van der Waals surface area contributed by atoms with Gasteiger partial charge < -0.3 is 15.4 Å². The number of ether oxygens (including phenoxy) is 1. The van der Waals surface area contributed by atoms with Gasteiger partial charge in [0.25, 0.3) is 0 Å². The predicted molar refractivity (Wildman–Crippen MR) is 82.2 cm³/mol. The summed E-state index contributed by atoms with van der Waals surface area (Å²) in [6.45, 7) is 2.20. The topological polar surface area (TPSA) is 55.6 Å². The molecule has 1 amide bonds. The first-order valence-electron chi connectivity index (χ1n) is 6.86. The number of carbonyl (C=O) groups excluding carboxylic acids is 1. The van der Waals surface area contributed by atoms with E-state index in [0.29, 0.717) is 39.1 Å².